The zero-order valence-electron chi connectivity index (χ0n) is 10.3. The predicted octanol–water partition coefficient (Wildman–Crippen LogP) is 1.45. The second-order valence-corrected chi connectivity index (χ2v) is 4.10. The van der Waals surface area contributed by atoms with E-state index in [0.29, 0.717) is 11.3 Å². The van der Waals surface area contributed by atoms with Gasteiger partial charge in [-0.05, 0) is 42.5 Å². The molecule has 2 rings (SSSR count). The van der Waals surface area contributed by atoms with Gasteiger partial charge in [0.2, 0.25) is 5.91 Å². The molecule has 6 heteroatoms. The van der Waals surface area contributed by atoms with Crippen molar-refractivity contribution in [2.75, 3.05) is 5.32 Å². The maximum absolute atomic E-state index is 11.9. The van der Waals surface area contributed by atoms with E-state index in [0.717, 1.165) is 6.07 Å². The van der Waals surface area contributed by atoms with Crippen molar-refractivity contribution >= 4 is 17.5 Å². The van der Waals surface area contributed by atoms with Gasteiger partial charge in [0.05, 0.1) is 0 Å². The van der Waals surface area contributed by atoms with Crippen molar-refractivity contribution in [2.45, 2.75) is 0 Å². The van der Waals surface area contributed by atoms with Crippen molar-refractivity contribution in [2.24, 2.45) is 5.73 Å². The van der Waals surface area contributed by atoms with Gasteiger partial charge in [0.25, 0.3) is 5.91 Å². The summed E-state index contributed by atoms with van der Waals surface area (Å²) in [6.07, 6.45) is 0. The second kappa shape index (κ2) is 5.31. The zero-order valence-corrected chi connectivity index (χ0v) is 10.3. The molecule has 0 fully saturated rings. The lowest BCUT2D eigenvalue weighted by atomic mass is 10.1. The molecular formula is C14H12N2O4. The zero-order chi connectivity index (χ0) is 14.7. The Balaban J connectivity index is 2.14. The Hall–Kier alpha value is -3.02. The van der Waals surface area contributed by atoms with Crippen LogP contribution in [0.25, 0.3) is 0 Å². The highest BCUT2D eigenvalue weighted by Gasteiger charge is 2.09. The minimum Gasteiger partial charge on any atom is -0.504 e. The Labute approximate surface area is 114 Å². The van der Waals surface area contributed by atoms with Crippen molar-refractivity contribution in [3.63, 3.8) is 0 Å². The smallest absolute Gasteiger partial charge is 0.255 e. The molecule has 0 aliphatic heterocycles. The van der Waals surface area contributed by atoms with E-state index in [1.165, 1.54) is 36.4 Å². The van der Waals surface area contributed by atoms with Crippen LogP contribution in [0, 0.1) is 0 Å². The topological polar surface area (TPSA) is 113 Å². The van der Waals surface area contributed by atoms with E-state index in [9.17, 15) is 19.8 Å². The molecule has 0 unspecified atom stereocenters. The first kappa shape index (κ1) is 13.4. The summed E-state index contributed by atoms with van der Waals surface area (Å²) in [5.41, 5.74) is 6.12. The summed E-state index contributed by atoms with van der Waals surface area (Å²) in [6.45, 7) is 0. The molecule has 0 saturated carbocycles. The van der Waals surface area contributed by atoms with Crippen molar-refractivity contribution in [1.29, 1.82) is 0 Å². The molecule has 2 amide bonds. The van der Waals surface area contributed by atoms with Gasteiger partial charge < -0.3 is 21.3 Å². The van der Waals surface area contributed by atoms with E-state index in [1.54, 1.807) is 0 Å². The summed E-state index contributed by atoms with van der Waals surface area (Å²) in [6, 6.07) is 9.82. The SMILES string of the molecule is NC(=O)c1ccc(NC(=O)c2ccc(O)c(O)c2)cc1. The van der Waals surface area contributed by atoms with Gasteiger partial charge in [-0.3, -0.25) is 9.59 Å². The van der Waals surface area contributed by atoms with Crippen LogP contribution in [-0.4, -0.2) is 22.0 Å². The van der Waals surface area contributed by atoms with Gasteiger partial charge in [-0.15, -0.1) is 0 Å². The van der Waals surface area contributed by atoms with E-state index in [-0.39, 0.29) is 17.1 Å². The van der Waals surface area contributed by atoms with Crippen LogP contribution >= 0.6 is 0 Å². The molecule has 0 atom stereocenters. The highest BCUT2D eigenvalue weighted by atomic mass is 16.3. The third-order valence-corrected chi connectivity index (χ3v) is 2.66. The fraction of sp³-hybridized carbons (Fsp3) is 0. The number of rotatable bonds is 3. The molecule has 0 aliphatic rings. The third kappa shape index (κ3) is 2.86. The summed E-state index contributed by atoms with van der Waals surface area (Å²) < 4.78 is 0. The Kier molecular flexibility index (Phi) is 3.56. The normalized spacial score (nSPS) is 10.0. The number of benzene rings is 2. The van der Waals surface area contributed by atoms with E-state index < -0.39 is 11.8 Å². The van der Waals surface area contributed by atoms with Gasteiger partial charge in [-0.2, -0.15) is 0 Å². The number of primary amides is 1. The van der Waals surface area contributed by atoms with Crippen LogP contribution in [0.2, 0.25) is 0 Å². The largest absolute Gasteiger partial charge is 0.504 e. The maximum Gasteiger partial charge on any atom is 0.255 e. The lowest BCUT2D eigenvalue weighted by Gasteiger charge is -2.06. The van der Waals surface area contributed by atoms with Crippen LogP contribution in [-0.2, 0) is 0 Å². The Morgan fingerprint density at radius 1 is 0.900 bits per heavy atom. The van der Waals surface area contributed by atoms with Gasteiger partial charge in [-0.1, -0.05) is 0 Å². The van der Waals surface area contributed by atoms with Gasteiger partial charge >= 0.3 is 0 Å². The number of nitrogens with two attached hydrogens (primary N) is 1. The number of nitrogens with one attached hydrogen (secondary N) is 1. The number of amides is 2. The molecular weight excluding hydrogens is 260 g/mol. The molecule has 0 heterocycles. The van der Waals surface area contributed by atoms with Crippen LogP contribution in [0.5, 0.6) is 11.5 Å². The monoisotopic (exact) mass is 272 g/mol. The predicted molar refractivity (Wildman–Crippen MR) is 72.7 cm³/mol. The Bertz CT molecular complexity index is 665. The number of phenols is 2. The number of carbonyl (C=O) groups excluding carboxylic acids is 2. The van der Waals surface area contributed by atoms with Crippen molar-refractivity contribution < 1.29 is 19.8 Å². The summed E-state index contributed by atoms with van der Waals surface area (Å²) in [4.78, 5) is 22.8. The van der Waals surface area contributed by atoms with Gasteiger partial charge in [0, 0.05) is 16.8 Å². The molecule has 0 aliphatic carbocycles. The molecule has 0 saturated heterocycles. The lowest BCUT2D eigenvalue weighted by molar-refractivity contribution is 0.0998. The average Bonchev–Trinajstić information content (AvgIpc) is 2.42. The number of hydrogen-bond acceptors (Lipinski definition) is 4. The molecule has 5 N–H and O–H groups in total. The highest BCUT2D eigenvalue weighted by Crippen LogP contribution is 2.25. The number of anilines is 1. The molecule has 2 aromatic rings. The molecule has 102 valence electrons. The number of aromatic hydroxyl groups is 2. The first-order chi connectivity index (χ1) is 9.47. The summed E-state index contributed by atoms with van der Waals surface area (Å²) in [7, 11) is 0. The van der Waals surface area contributed by atoms with Gasteiger partial charge in [-0.25, -0.2) is 0 Å². The van der Waals surface area contributed by atoms with E-state index in [2.05, 4.69) is 5.32 Å². The Morgan fingerprint density at radius 2 is 1.50 bits per heavy atom. The van der Waals surface area contributed by atoms with Crippen LogP contribution in [0.1, 0.15) is 20.7 Å². The number of hydrogen-bond donors (Lipinski definition) is 4. The summed E-state index contributed by atoms with van der Waals surface area (Å²) in [5, 5.41) is 21.1. The van der Waals surface area contributed by atoms with Crippen molar-refractivity contribution in [1.82, 2.24) is 0 Å². The van der Waals surface area contributed by atoms with E-state index in [4.69, 9.17) is 5.73 Å². The fourth-order valence-corrected chi connectivity index (χ4v) is 1.59. The molecule has 20 heavy (non-hydrogen) atoms. The molecule has 2 aromatic carbocycles. The quantitative estimate of drug-likeness (QED) is 0.633. The lowest BCUT2D eigenvalue weighted by Crippen LogP contribution is -2.13. The van der Waals surface area contributed by atoms with Crippen LogP contribution in [0.3, 0.4) is 0 Å². The van der Waals surface area contributed by atoms with Crippen molar-refractivity contribution in [3.05, 3.63) is 53.6 Å². The van der Waals surface area contributed by atoms with Crippen LogP contribution in [0.15, 0.2) is 42.5 Å². The Morgan fingerprint density at radius 3 is 2.05 bits per heavy atom. The summed E-state index contributed by atoms with van der Waals surface area (Å²) in [5.74, 6) is -1.67. The van der Waals surface area contributed by atoms with Crippen molar-refractivity contribution in [3.8, 4) is 11.5 Å². The third-order valence-electron chi connectivity index (χ3n) is 2.66. The minimum atomic E-state index is -0.550. The molecule has 0 aromatic heterocycles. The van der Waals surface area contributed by atoms with Crippen LogP contribution < -0.4 is 11.1 Å². The molecule has 6 nitrogen and oxygen atoms in total. The average molecular weight is 272 g/mol. The molecule has 0 spiro atoms. The standard InChI is InChI=1S/C14H12N2O4/c15-13(19)8-1-4-10(5-2-8)16-14(20)9-3-6-11(17)12(18)7-9/h1-7,17-18H,(H2,15,19)(H,16,20). The van der Waals surface area contributed by atoms with Gasteiger partial charge in [0.1, 0.15) is 0 Å². The summed E-state index contributed by atoms with van der Waals surface area (Å²) >= 11 is 0. The minimum absolute atomic E-state index is 0.194. The molecule has 0 radical (unpaired) electrons. The number of phenolic OH excluding ortho intramolecular Hbond substituents is 2. The number of carbonyl (C=O) groups is 2. The first-order valence-corrected chi connectivity index (χ1v) is 5.70. The fourth-order valence-electron chi connectivity index (χ4n) is 1.59. The molecule has 0 bridgehead atoms. The highest BCUT2D eigenvalue weighted by molar-refractivity contribution is 6.05. The van der Waals surface area contributed by atoms with E-state index >= 15 is 0 Å². The van der Waals surface area contributed by atoms with Crippen LogP contribution in [0.4, 0.5) is 5.69 Å². The van der Waals surface area contributed by atoms with Gasteiger partial charge in [0.15, 0.2) is 11.5 Å². The maximum atomic E-state index is 11.9. The first-order valence-electron chi connectivity index (χ1n) is 5.70. The van der Waals surface area contributed by atoms with E-state index in [1.807, 2.05) is 0 Å². The second-order valence-electron chi connectivity index (χ2n) is 4.10.